The molecule has 0 fully saturated rings. The molecule has 0 unspecified atom stereocenters. The molecule has 0 saturated heterocycles. The van der Waals surface area contributed by atoms with Crippen LogP contribution in [0.3, 0.4) is 0 Å². The van der Waals surface area contributed by atoms with Crippen molar-refractivity contribution in [1.82, 2.24) is 10.0 Å². The maximum Gasteiger partial charge on any atom is 0.274 e. The van der Waals surface area contributed by atoms with E-state index in [1.807, 2.05) is 12.1 Å². The van der Waals surface area contributed by atoms with Crippen molar-refractivity contribution in [1.29, 1.82) is 0 Å². The minimum atomic E-state index is -0.497. The lowest BCUT2D eigenvalue weighted by atomic mass is 9.92. The van der Waals surface area contributed by atoms with Crippen LogP contribution >= 0.6 is 0 Å². The Hall–Kier alpha value is -2.59. The first-order chi connectivity index (χ1) is 11.4. The Morgan fingerprint density at radius 2 is 1.75 bits per heavy atom. The largest absolute Gasteiger partial charge is 0.340 e. The van der Waals surface area contributed by atoms with Gasteiger partial charge in [0.2, 0.25) is 0 Å². The lowest BCUT2D eigenvalue weighted by molar-refractivity contribution is 0.0706. The number of carbonyl (C=O) groups is 1. The van der Waals surface area contributed by atoms with E-state index in [4.69, 9.17) is 5.21 Å². The number of aromatic nitrogens is 1. The molecule has 1 heterocycles. The monoisotopic (exact) mass is 322 g/mol. The lowest BCUT2D eigenvalue weighted by Crippen LogP contribution is -2.19. The van der Waals surface area contributed by atoms with Crippen LogP contribution in [0.4, 0.5) is 0 Å². The number of benzene rings is 2. The van der Waals surface area contributed by atoms with Crippen LogP contribution in [0.2, 0.25) is 0 Å². The van der Waals surface area contributed by atoms with E-state index in [1.54, 1.807) is 17.6 Å². The molecule has 0 aliphatic heterocycles. The van der Waals surface area contributed by atoms with E-state index in [0.717, 1.165) is 12.1 Å². The number of para-hydroxylation sites is 1. The van der Waals surface area contributed by atoms with Crippen molar-refractivity contribution in [2.75, 3.05) is 0 Å². The second kappa shape index (κ2) is 6.13. The van der Waals surface area contributed by atoms with Crippen molar-refractivity contribution >= 4 is 16.8 Å². The van der Waals surface area contributed by atoms with Gasteiger partial charge in [0.05, 0.1) is 0 Å². The van der Waals surface area contributed by atoms with Crippen molar-refractivity contribution in [3.05, 3.63) is 71.4 Å². The average molecular weight is 322 g/mol. The van der Waals surface area contributed by atoms with Crippen LogP contribution in [-0.2, 0) is 12.0 Å². The summed E-state index contributed by atoms with van der Waals surface area (Å²) in [6, 6.07) is 17.9. The van der Waals surface area contributed by atoms with Crippen LogP contribution in [-0.4, -0.2) is 15.7 Å². The molecular formula is C20H22N2O2. The zero-order valence-corrected chi connectivity index (χ0v) is 14.2. The van der Waals surface area contributed by atoms with Crippen molar-refractivity contribution < 1.29 is 10.0 Å². The van der Waals surface area contributed by atoms with Gasteiger partial charge in [0, 0.05) is 28.7 Å². The van der Waals surface area contributed by atoms with E-state index in [0.29, 0.717) is 5.56 Å². The molecule has 4 nitrogen and oxygen atoms in total. The number of hydrogen-bond acceptors (Lipinski definition) is 2. The highest BCUT2D eigenvalue weighted by Gasteiger charge is 2.20. The van der Waals surface area contributed by atoms with E-state index >= 15 is 0 Å². The van der Waals surface area contributed by atoms with Gasteiger partial charge >= 0.3 is 0 Å². The van der Waals surface area contributed by atoms with Crippen LogP contribution < -0.4 is 5.48 Å². The minimum Gasteiger partial charge on any atom is -0.340 e. The Bertz CT molecular complexity index is 871. The summed E-state index contributed by atoms with van der Waals surface area (Å²) in [6.07, 6.45) is 0. The van der Waals surface area contributed by atoms with Gasteiger partial charge in [-0.25, -0.2) is 5.48 Å². The van der Waals surface area contributed by atoms with Gasteiger partial charge in [0.15, 0.2) is 0 Å². The molecule has 124 valence electrons. The van der Waals surface area contributed by atoms with Crippen LogP contribution in [0.15, 0.2) is 54.6 Å². The van der Waals surface area contributed by atoms with E-state index in [1.165, 1.54) is 16.6 Å². The molecule has 0 atom stereocenters. The summed E-state index contributed by atoms with van der Waals surface area (Å²) in [6.45, 7) is 7.38. The second-order valence-corrected chi connectivity index (χ2v) is 7.06. The summed E-state index contributed by atoms with van der Waals surface area (Å²) in [4.78, 5) is 11.4. The molecule has 0 bridgehead atoms. The molecule has 3 rings (SSSR count). The van der Waals surface area contributed by atoms with Gasteiger partial charge in [-0.3, -0.25) is 10.0 Å². The van der Waals surface area contributed by atoms with E-state index in [2.05, 4.69) is 55.7 Å². The number of hydroxylamine groups is 1. The number of nitrogens with one attached hydrogen (secondary N) is 1. The van der Waals surface area contributed by atoms with Crippen LogP contribution in [0, 0.1) is 0 Å². The first kappa shape index (κ1) is 16.3. The fourth-order valence-corrected chi connectivity index (χ4v) is 3.01. The molecule has 0 radical (unpaired) electrons. The summed E-state index contributed by atoms with van der Waals surface area (Å²) in [5, 5.41) is 9.94. The third kappa shape index (κ3) is 3.05. The summed E-state index contributed by atoms with van der Waals surface area (Å²) in [5.74, 6) is -0.497. The number of rotatable bonds is 3. The molecule has 0 spiro atoms. The Morgan fingerprint density at radius 1 is 1.08 bits per heavy atom. The Morgan fingerprint density at radius 3 is 2.38 bits per heavy atom. The maximum absolute atomic E-state index is 11.4. The first-order valence-corrected chi connectivity index (χ1v) is 8.02. The van der Waals surface area contributed by atoms with Crippen LogP contribution in [0.1, 0.15) is 42.4 Å². The Labute approximate surface area is 141 Å². The average Bonchev–Trinajstić information content (AvgIpc) is 2.94. The van der Waals surface area contributed by atoms with Crippen molar-refractivity contribution in [2.45, 2.75) is 32.7 Å². The van der Waals surface area contributed by atoms with Crippen molar-refractivity contribution in [3.8, 4) is 0 Å². The minimum absolute atomic E-state index is 0.0374. The molecule has 0 aliphatic rings. The molecule has 0 aliphatic carbocycles. The first-order valence-electron chi connectivity index (χ1n) is 8.02. The van der Waals surface area contributed by atoms with Crippen LogP contribution in [0.25, 0.3) is 10.9 Å². The number of hydrogen-bond donors (Lipinski definition) is 2. The summed E-state index contributed by atoms with van der Waals surface area (Å²) in [5.41, 5.74) is 5.73. The molecule has 4 heteroatoms. The van der Waals surface area contributed by atoms with Crippen LogP contribution in [0.5, 0.6) is 0 Å². The van der Waals surface area contributed by atoms with Gasteiger partial charge in [-0.05, 0) is 35.2 Å². The second-order valence-electron chi connectivity index (χ2n) is 7.06. The molecule has 2 aromatic carbocycles. The van der Waals surface area contributed by atoms with E-state index in [-0.39, 0.29) is 5.41 Å². The van der Waals surface area contributed by atoms with Gasteiger partial charge in [0.1, 0.15) is 0 Å². The molecular weight excluding hydrogens is 300 g/mol. The Balaban J connectivity index is 2.01. The number of nitrogens with zero attached hydrogens (tertiary/aromatic N) is 1. The van der Waals surface area contributed by atoms with Crippen molar-refractivity contribution in [3.63, 3.8) is 0 Å². The topological polar surface area (TPSA) is 54.3 Å². The number of amides is 1. The summed E-state index contributed by atoms with van der Waals surface area (Å²) >= 11 is 0. The van der Waals surface area contributed by atoms with Gasteiger partial charge in [-0.2, -0.15) is 0 Å². The van der Waals surface area contributed by atoms with Gasteiger partial charge < -0.3 is 4.57 Å². The fourth-order valence-electron chi connectivity index (χ4n) is 3.01. The molecule has 24 heavy (non-hydrogen) atoms. The third-order valence-corrected chi connectivity index (χ3v) is 4.24. The van der Waals surface area contributed by atoms with Gasteiger partial charge in [0.25, 0.3) is 5.91 Å². The van der Waals surface area contributed by atoms with E-state index < -0.39 is 5.91 Å². The predicted molar refractivity (Wildman–Crippen MR) is 95.4 cm³/mol. The highest BCUT2D eigenvalue weighted by Crippen LogP contribution is 2.30. The number of carbonyl (C=O) groups excluding carboxylic acids is 1. The van der Waals surface area contributed by atoms with Crippen molar-refractivity contribution in [2.24, 2.45) is 0 Å². The van der Waals surface area contributed by atoms with Gasteiger partial charge in [-0.1, -0.05) is 51.1 Å². The zero-order valence-electron chi connectivity index (χ0n) is 14.2. The zero-order chi connectivity index (χ0) is 17.3. The fraction of sp³-hybridized carbons (Fsp3) is 0.250. The predicted octanol–water partition coefficient (Wildman–Crippen LogP) is 4.11. The Kier molecular flexibility index (Phi) is 4.16. The van der Waals surface area contributed by atoms with Gasteiger partial charge in [-0.15, -0.1) is 0 Å². The van der Waals surface area contributed by atoms with E-state index in [9.17, 15) is 4.79 Å². The quantitative estimate of drug-likeness (QED) is 0.563. The SMILES string of the molecule is CC(C)(C)c1cc2ccccc2n1Cc1ccc(C(=O)NO)cc1. The molecule has 2 N–H and O–H groups in total. The molecule has 3 aromatic rings. The summed E-state index contributed by atoms with van der Waals surface area (Å²) < 4.78 is 2.33. The lowest BCUT2D eigenvalue weighted by Gasteiger charge is -2.22. The smallest absolute Gasteiger partial charge is 0.274 e. The normalized spacial score (nSPS) is 11.7. The molecule has 1 aromatic heterocycles. The molecule has 1 amide bonds. The third-order valence-electron chi connectivity index (χ3n) is 4.24. The highest BCUT2D eigenvalue weighted by molar-refractivity contribution is 5.93. The standard InChI is InChI=1S/C20H22N2O2/c1-20(2,3)18-12-16-6-4-5-7-17(16)22(18)13-14-8-10-15(11-9-14)19(23)21-24/h4-12,24H,13H2,1-3H3,(H,21,23). The number of fused-ring (bicyclic) bond motifs is 1. The summed E-state index contributed by atoms with van der Waals surface area (Å²) in [7, 11) is 0. The maximum atomic E-state index is 11.4. The highest BCUT2D eigenvalue weighted by atomic mass is 16.5. The molecule has 0 saturated carbocycles.